The van der Waals surface area contributed by atoms with E-state index in [1.807, 2.05) is 0 Å². The van der Waals surface area contributed by atoms with Gasteiger partial charge in [0, 0.05) is 19.3 Å². The van der Waals surface area contributed by atoms with Crippen LogP contribution in [0.15, 0.2) is 0 Å². The van der Waals surface area contributed by atoms with Crippen LogP contribution in [0.2, 0.25) is 0 Å². The molecule has 0 aromatic heterocycles. The summed E-state index contributed by atoms with van der Waals surface area (Å²) in [5.41, 5.74) is 0. The Bertz CT molecular complexity index is 418. The van der Waals surface area contributed by atoms with Crippen molar-refractivity contribution in [1.82, 2.24) is 4.90 Å². The van der Waals surface area contributed by atoms with Gasteiger partial charge >= 0.3 is 0 Å². The van der Waals surface area contributed by atoms with Gasteiger partial charge in [-0.1, -0.05) is 55.4 Å². The van der Waals surface area contributed by atoms with E-state index in [2.05, 4.69) is 74.4 Å². The van der Waals surface area contributed by atoms with Gasteiger partial charge in [0.25, 0.3) is 0 Å². The van der Waals surface area contributed by atoms with Crippen molar-refractivity contribution >= 4 is 0 Å². The maximum Gasteiger partial charge on any atom is 0.0468 e. The molecule has 0 N–H and O–H groups in total. The number of rotatable bonds is 4. The topological polar surface area (TPSA) is 12.5 Å². The zero-order valence-electron chi connectivity index (χ0n) is 23.8. The first-order chi connectivity index (χ1) is 15.0. The molecule has 3 fully saturated rings. The van der Waals surface area contributed by atoms with Gasteiger partial charge in [0.1, 0.15) is 0 Å². The first-order valence-corrected chi connectivity index (χ1v) is 14.2. The third-order valence-electron chi connectivity index (χ3n) is 8.78. The monoisotopic (exact) mass is 451 g/mol. The van der Waals surface area contributed by atoms with Gasteiger partial charge in [0.15, 0.2) is 0 Å². The molecule has 1 aliphatic heterocycles. The van der Waals surface area contributed by atoms with Crippen molar-refractivity contribution in [2.45, 2.75) is 119 Å². The molecule has 3 aliphatic rings. The molecule has 2 heteroatoms. The minimum absolute atomic E-state index is 0.855. The van der Waals surface area contributed by atoms with Crippen LogP contribution >= 0.6 is 0 Å². The van der Waals surface area contributed by atoms with Crippen molar-refractivity contribution in [2.75, 3.05) is 27.3 Å². The van der Waals surface area contributed by atoms with E-state index in [1.165, 1.54) is 57.8 Å². The summed E-state index contributed by atoms with van der Waals surface area (Å²) < 4.78 is 5.25. The predicted molar refractivity (Wildman–Crippen MR) is 143 cm³/mol. The first kappa shape index (κ1) is 30.0. The van der Waals surface area contributed by atoms with E-state index in [0.29, 0.717) is 0 Å². The summed E-state index contributed by atoms with van der Waals surface area (Å²) in [5, 5.41) is 0. The molecular formula is C30H61NO. The van der Waals surface area contributed by atoms with Crippen molar-refractivity contribution in [3.8, 4) is 0 Å². The normalized spacial score (nSPS) is 31.9. The summed E-state index contributed by atoms with van der Waals surface area (Å²) in [6, 6.07) is 0.861. The minimum atomic E-state index is 0.855. The van der Waals surface area contributed by atoms with E-state index in [9.17, 15) is 0 Å². The Hall–Kier alpha value is -0.0800. The second kappa shape index (κ2) is 15.8. The molecule has 0 aromatic carbocycles. The zero-order valence-corrected chi connectivity index (χ0v) is 23.8. The van der Waals surface area contributed by atoms with Gasteiger partial charge in [-0.15, -0.1) is 0 Å². The Labute approximate surface area is 203 Å². The molecule has 32 heavy (non-hydrogen) atoms. The third kappa shape index (κ3) is 11.9. The summed E-state index contributed by atoms with van der Waals surface area (Å²) >= 11 is 0. The van der Waals surface area contributed by atoms with Crippen molar-refractivity contribution in [2.24, 2.45) is 47.3 Å². The lowest BCUT2D eigenvalue weighted by atomic mass is 9.72. The van der Waals surface area contributed by atoms with Crippen LogP contribution in [0, 0.1) is 47.3 Å². The van der Waals surface area contributed by atoms with Crippen molar-refractivity contribution in [1.29, 1.82) is 0 Å². The maximum atomic E-state index is 5.25. The van der Waals surface area contributed by atoms with Crippen LogP contribution in [0.25, 0.3) is 0 Å². The van der Waals surface area contributed by atoms with Gasteiger partial charge < -0.3 is 9.64 Å². The average molecular weight is 452 g/mol. The standard InChI is InChI=1S/C11H23N.C11H22.C8H16O/c1-9(2)10-5-7-11(8-6-10)12(3)4;1-8(2)11-6-9(3)5-10(4)7-11;1-7(2)8-3-5-9-6-4-8/h9-11H,5-8H2,1-4H3;8-11H,5-7H2,1-4H3;7-8H,3-6H2,1-2H3. The largest absolute Gasteiger partial charge is 0.381 e. The van der Waals surface area contributed by atoms with Crippen LogP contribution in [0.3, 0.4) is 0 Å². The quantitative estimate of drug-likeness (QED) is 0.424. The highest BCUT2D eigenvalue weighted by atomic mass is 16.5. The molecule has 0 aromatic rings. The van der Waals surface area contributed by atoms with E-state index in [-0.39, 0.29) is 0 Å². The van der Waals surface area contributed by atoms with E-state index >= 15 is 0 Å². The Kier molecular flexibility index (Phi) is 14.7. The molecule has 2 saturated carbocycles. The molecule has 2 atom stereocenters. The van der Waals surface area contributed by atoms with Gasteiger partial charge in [-0.3, -0.25) is 0 Å². The van der Waals surface area contributed by atoms with E-state index < -0.39 is 0 Å². The summed E-state index contributed by atoms with van der Waals surface area (Å²) in [6.45, 7) is 20.9. The number of ether oxygens (including phenoxy) is 1. The van der Waals surface area contributed by atoms with Crippen LogP contribution in [0.5, 0.6) is 0 Å². The van der Waals surface area contributed by atoms with Gasteiger partial charge in [-0.05, 0) is 119 Å². The van der Waals surface area contributed by atoms with E-state index in [1.54, 1.807) is 0 Å². The summed E-state index contributed by atoms with van der Waals surface area (Å²) in [7, 11) is 4.42. The molecular weight excluding hydrogens is 390 g/mol. The van der Waals surface area contributed by atoms with Gasteiger partial charge in [-0.25, -0.2) is 0 Å². The lowest BCUT2D eigenvalue weighted by molar-refractivity contribution is 0.0523. The summed E-state index contributed by atoms with van der Waals surface area (Å²) in [6.07, 6.45) is 12.7. The second-order valence-corrected chi connectivity index (χ2v) is 12.9. The average Bonchev–Trinajstić information content (AvgIpc) is 2.74. The highest BCUT2D eigenvalue weighted by molar-refractivity contribution is 4.78. The van der Waals surface area contributed by atoms with Gasteiger partial charge in [-0.2, -0.15) is 0 Å². The minimum Gasteiger partial charge on any atom is -0.381 e. The fraction of sp³-hybridized carbons (Fsp3) is 1.00. The highest BCUT2D eigenvalue weighted by Gasteiger charge is 2.25. The van der Waals surface area contributed by atoms with Crippen LogP contribution < -0.4 is 0 Å². The van der Waals surface area contributed by atoms with Crippen molar-refractivity contribution < 1.29 is 4.74 Å². The summed E-state index contributed by atoms with van der Waals surface area (Å²) in [4.78, 5) is 2.39. The molecule has 2 unspecified atom stereocenters. The first-order valence-electron chi connectivity index (χ1n) is 14.2. The predicted octanol–water partition coefficient (Wildman–Crippen LogP) is 8.55. The Balaban J connectivity index is 0.000000242. The van der Waals surface area contributed by atoms with E-state index in [4.69, 9.17) is 4.74 Å². The number of nitrogens with zero attached hydrogens (tertiary/aromatic N) is 1. The van der Waals surface area contributed by atoms with Crippen LogP contribution in [-0.2, 0) is 4.74 Å². The Morgan fingerprint density at radius 3 is 1.31 bits per heavy atom. The molecule has 0 spiro atoms. The molecule has 2 aliphatic carbocycles. The van der Waals surface area contributed by atoms with Crippen LogP contribution in [0.4, 0.5) is 0 Å². The second-order valence-electron chi connectivity index (χ2n) is 12.9. The molecule has 0 bridgehead atoms. The fourth-order valence-corrected chi connectivity index (χ4v) is 6.22. The lowest BCUT2D eigenvalue weighted by Gasteiger charge is -2.34. The Morgan fingerprint density at radius 2 is 0.969 bits per heavy atom. The number of hydrogen-bond donors (Lipinski definition) is 0. The zero-order chi connectivity index (χ0) is 24.3. The number of hydrogen-bond acceptors (Lipinski definition) is 2. The molecule has 3 rings (SSSR count). The lowest BCUT2D eigenvalue weighted by Crippen LogP contribution is -2.33. The van der Waals surface area contributed by atoms with Gasteiger partial charge in [0.2, 0.25) is 0 Å². The van der Waals surface area contributed by atoms with E-state index in [0.717, 1.165) is 66.6 Å². The molecule has 2 nitrogen and oxygen atoms in total. The molecule has 192 valence electrons. The smallest absolute Gasteiger partial charge is 0.0468 e. The van der Waals surface area contributed by atoms with Crippen LogP contribution in [0.1, 0.15) is 113 Å². The van der Waals surface area contributed by atoms with Crippen molar-refractivity contribution in [3.63, 3.8) is 0 Å². The maximum absolute atomic E-state index is 5.25. The van der Waals surface area contributed by atoms with Crippen molar-refractivity contribution in [3.05, 3.63) is 0 Å². The van der Waals surface area contributed by atoms with Crippen LogP contribution in [-0.4, -0.2) is 38.3 Å². The highest BCUT2D eigenvalue weighted by Crippen LogP contribution is 2.36. The molecule has 0 amide bonds. The van der Waals surface area contributed by atoms with Gasteiger partial charge in [0.05, 0.1) is 0 Å². The molecule has 1 saturated heterocycles. The summed E-state index contributed by atoms with van der Waals surface area (Å²) in [5.74, 6) is 7.55. The fourth-order valence-electron chi connectivity index (χ4n) is 6.22. The SMILES string of the molecule is CC(C)C1CCC(N(C)C)CC1.CC(C)C1CCOCC1.CC1CC(C)CC(C(C)C)C1. The molecule has 0 radical (unpaired) electrons. The molecule has 1 heterocycles. The third-order valence-corrected chi connectivity index (χ3v) is 8.78. The Morgan fingerprint density at radius 1 is 0.562 bits per heavy atom.